The van der Waals surface area contributed by atoms with E-state index in [0.717, 1.165) is 12.6 Å². The van der Waals surface area contributed by atoms with E-state index in [1.54, 1.807) is 0 Å². The third-order valence-corrected chi connectivity index (χ3v) is 3.83. The molecule has 0 spiro atoms. The largest absolute Gasteiger partial charge is 0.313 e. The van der Waals surface area contributed by atoms with E-state index in [4.69, 9.17) is 0 Å². The van der Waals surface area contributed by atoms with Crippen LogP contribution in [-0.4, -0.2) is 36.6 Å². The van der Waals surface area contributed by atoms with Gasteiger partial charge in [-0.3, -0.25) is 4.90 Å². The zero-order valence-electron chi connectivity index (χ0n) is 10.9. The van der Waals surface area contributed by atoms with Crippen LogP contribution in [0, 0.1) is 0 Å². The van der Waals surface area contributed by atoms with Gasteiger partial charge in [0.15, 0.2) is 0 Å². The first kappa shape index (κ1) is 13.0. The van der Waals surface area contributed by atoms with Crippen LogP contribution < -0.4 is 5.32 Å². The molecule has 2 atom stereocenters. The van der Waals surface area contributed by atoms with Crippen molar-refractivity contribution in [2.45, 2.75) is 71.0 Å². The lowest BCUT2D eigenvalue weighted by atomic mass is 9.91. The van der Waals surface area contributed by atoms with Crippen molar-refractivity contribution in [2.75, 3.05) is 13.6 Å². The lowest BCUT2D eigenvalue weighted by Crippen LogP contribution is -2.47. The summed E-state index contributed by atoms with van der Waals surface area (Å²) in [6, 6.07) is 2.21. The Morgan fingerprint density at radius 2 is 2.00 bits per heavy atom. The highest BCUT2D eigenvalue weighted by atomic mass is 15.2. The molecule has 0 aromatic rings. The van der Waals surface area contributed by atoms with E-state index in [0.29, 0.717) is 12.1 Å². The Labute approximate surface area is 95.4 Å². The molecule has 90 valence electrons. The van der Waals surface area contributed by atoms with Crippen molar-refractivity contribution in [1.82, 2.24) is 10.2 Å². The van der Waals surface area contributed by atoms with E-state index >= 15 is 0 Å². The van der Waals surface area contributed by atoms with Crippen molar-refractivity contribution in [2.24, 2.45) is 0 Å². The fraction of sp³-hybridized carbons (Fsp3) is 1.00. The summed E-state index contributed by atoms with van der Waals surface area (Å²) in [7, 11) is 2.28. The van der Waals surface area contributed by atoms with Gasteiger partial charge in [-0.2, -0.15) is 0 Å². The SMILES string of the molecule is CCCC(C)NCC(C)N(C)C1CCC1. The van der Waals surface area contributed by atoms with Gasteiger partial charge in [0.25, 0.3) is 0 Å². The maximum absolute atomic E-state index is 3.63. The second-order valence-corrected chi connectivity index (χ2v) is 5.20. The summed E-state index contributed by atoms with van der Waals surface area (Å²) in [5.41, 5.74) is 0. The topological polar surface area (TPSA) is 15.3 Å². The first-order valence-electron chi connectivity index (χ1n) is 6.60. The number of hydrogen-bond acceptors (Lipinski definition) is 2. The Kier molecular flexibility index (Phi) is 5.62. The minimum atomic E-state index is 0.673. The average Bonchev–Trinajstić information content (AvgIpc) is 2.11. The van der Waals surface area contributed by atoms with E-state index in [-0.39, 0.29) is 0 Å². The van der Waals surface area contributed by atoms with Gasteiger partial charge in [-0.1, -0.05) is 19.8 Å². The van der Waals surface area contributed by atoms with Crippen molar-refractivity contribution < 1.29 is 0 Å². The Morgan fingerprint density at radius 3 is 2.47 bits per heavy atom. The van der Waals surface area contributed by atoms with Crippen molar-refractivity contribution in [3.8, 4) is 0 Å². The molecule has 0 aliphatic heterocycles. The van der Waals surface area contributed by atoms with Crippen molar-refractivity contribution >= 4 is 0 Å². The summed E-state index contributed by atoms with van der Waals surface area (Å²) in [6.45, 7) is 8.01. The van der Waals surface area contributed by atoms with Gasteiger partial charge in [-0.05, 0) is 40.2 Å². The lowest BCUT2D eigenvalue weighted by Gasteiger charge is -2.39. The van der Waals surface area contributed by atoms with Gasteiger partial charge in [-0.15, -0.1) is 0 Å². The Balaban J connectivity index is 2.13. The third kappa shape index (κ3) is 4.12. The summed E-state index contributed by atoms with van der Waals surface area (Å²) in [5, 5.41) is 3.63. The van der Waals surface area contributed by atoms with Gasteiger partial charge in [0.2, 0.25) is 0 Å². The van der Waals surface area contributed by atoms with Crippen LogP contribution in [-0.2, 0) is 0 Å². The summed E-state index contributed by atoms with van der Waals surface area (Å²) >= 11 is 0. The van der Waals surface area contributed by atoms with E-state index in [1.807, 2.05) is 0 Å². The van der Waals surface area contributed by atoms with Crippen LogP contribution in [0.3, 0.4) is 0 Å². The molecule has 0 heterocycles. The molecule has 1 aliphatic carbocycles. The highest BCUT2D eigenvalue weighted by Gasteiger charge is 2.25. The van der Waals surface area contributed by atoms with Gasteiger partial charge < -0.3 is 5.32 Å². The summed E-state index contributed by atoms with van der Waals surface area (Å²) in [5.74, 6) is 0. The summed E-state index contributed by atoms with van der Waals surface area (Å²) in [4.78, 5) is 2.55. The minimum absolute atomic E-state index is 0.673. The number of nitrogens with zero attached hydrogens (tertiary/aromatic N) is 1. The molecule has 15 heavy (non-hydrogen) atoms. The molecule has 0 aromatic carbocycles. The molecule has 0 amide bonds. The predicted molar refractivity (Wildman–Crippen MR) is 67.2 cm³/mol. The molecule has 0 radical (unpaired) electrons. The standard InChI is InChI=1S/C13H28N2/c1-5-7-11(2)14-10-12(3)15(4)13-8-6-9-13/h11-14H,5-10H2,1-4H3. The molecule has 1 aliphatic rings. The van der Waals surface area contributed by atoms with Gasteiger partial charge in [-0.25, -0.2) is 0 Å². The fourth-order valence-electron chi connectivity index (χ4n) is 2.20. The van der Waals surface area contributed by atoms with Gasteiger partial charge in [0.05, 0.1) is 0 Å². The van der Waals surface area contributed by atoms with Crippen LogP contribution >= 0.6 is 0 Å². The molecule has 1 fully saturated rings. The Morgan fingerprint density at radius 1 is 1.33 bits per heavy atom. The maximum atomic E-state index is 3.63. The molecule has 0 bridgehead atoms. The zero-order valence-corrected chi connectivity index (χ0v) is 10.9. The monoisotopic (exact) mass is 212 g/mol. The smallest absolute Gasteiger partial charge is 0.0192 e. The molecule has 1 rings (SSSR count). The molecular formula is C13H28N2. The first-order chi connectivity index (χ1) is 7.15. The Hall–Kier alpha value is -0.0800. The van der Waals surface area contributed by atoms with Gasteiger partial charge in [0, 0.05) is 24.7 Å². The van der Waals surface area contributed by atoms with Crippen LogP contribution in [0.5, 0.6) is 0 Å². The highest BCUT2D eigenvalue weighted by Crippen LogP contribution is 2.24. The van der Waals surface area contributed by atoms with Crippen LogP contribution in [0.25, 0.3) is 0 Å². The highest BCUT2D eigenvalue weighted by molar-refractivity contribution is 4.82. The number of hydrogen-bond donors (Lipinski definition) is 1. The normalized spacial score (nSPS) is 21.4. The number of nitrogens with one attached hydrogen (secondary N) is 1. The number of rotatable bonds is 7. The maximum Gasteiger partial charge on any atom is 0.0192 e. The first-order valence-corrected chi connectivity index (χ1v) is 6.60. The molecule has 2 unspecified atom stereocenters. The Bertz CT molecular complexity index is 166. The molecule has 0 saturated heterocycles. The van der Waals surface area contributed by atoms with E-state index in [2.05, 4.69) is 38.0 Å². The lowest BCUT2D eigenvalue weighted by molar-refractivity contribution is 0.115. The van der Waals surface area contributed by atoms with Crippen LogP contribution in [0.2, 0.25) is 0 Å². The van der Waals surface area contributed by atoms with Crippen LogP contribution in [0.15, 0.2) is 0 Å². The van der Waals surface area contributed by atoms with E-state index < -0.39 is 0 Å². The number of likely N-dealkylation sites (N-methyl/N-ethyl adjacent to an activating group) is 1. The fourth-order valence-corrected chi connectivity index (χ4v) is 2.20. The van der Waals surface area contributed by atoms with Crippen molar-refractivity contribution in [1.29, 1.82) is 0 Å². The third-order valence-electron chi connectivity index (χ3n) is 3.83. The summed E-state index contributed by atoms with van der Waals surface area (Å²) in [6.07, 6.45) is 6.82. The zero-order chi connectivity index (χ0) is 11.3. The van der Waals surface area contributed by atoms with Gasteiger partial charge >= 0.3 is 0 Å². The summed E-state index contributed by atoms with van der Waals surface area (Å²) < 4.78 is 0. The molecule has 2 heteroatoms. The van der Waals surface area contributed by atoms with Crippen molar-refractivity contribution in [3.05, 3.63) is 0 Å². The quantitative estimate of drug-likeness (QED) is 0.698. The van der Waals surface area contributed by atoms with E-state index in [9.17, 15) is 0 Å². The molecule has 1 saturated carbocycles. The van der Waals surface area contributed by atoms with Crippen molar-refractivity contribution in [3.63, 3.8) is 0 Å². The second kappa shape index (κ2) is 6.49. The molecular weight excluding hydrogens is 184 g/mol. The van der Waals surface area contributed by atoms with E-state index in [1.165, 1.54) is 32.1 Å². The molecule has 0 aromatic heterocycles. The van der Waals surface area contributed by atoms with Crippen LogP contribution in [0.1, 0.15) is 52.9 Å². The average molecular weight is 212 g/mol. The minimum Gasteiger partial charge on any atom is -0.313 e. The van der Waals surface area contributed by atoms with Crippen LogP contribution in [0.4, 0.5) is 0 Å². The second-order valence-electron chi connectivity index (χ2n) is 5.20. The molecule has 1 N–H and O–H groups in total. The predicted octanol–water partition coefficient (Wildman–Crippen LogP) is 2.64. The van der Waals surface area contributed by atoms with Gasteiger partial charge in [0.1, 0.15) is 0 Å². The molecule has 2 nitrogen and oxygen atoms in total.